The zero-order valence-corrected chi connectivity index (χ0v) is 25.7. The van der Waals surface area contributed by atoms with E-state index in [1.807, 2.05) is 42.5 Å². The van der Waals surface area contributed by atoms with Crippen molar-refractivity contribution in [1.82, 2.24) is 19.5 Å². The van der Waals surface area contributed by atoms with Gasteiger partial charge < -0.3 is 4.42 Å². The summed E-state index contributed by atoms with van der Waals surface area (Å²) in [5, 5.41) is 6.84. The van der Waals surface area contributed by atoms with E-state index in [1.54, 1.807) is 0 Å². The normalized spacial score (nSPS) is 11.8. The monoisotopic (exact) mass is 614 g/mol. The van der Waals surface area contributed by atoms with E-state index in [0.717, 1.165) is 66.0 Å². The Labute approximate surface area is 275 Å². The van der Waals surface area contributed by atoms with Crippen molar-refractivity contribution in [3.63, 3.8) is 0 Å². The van der Waals surface area contributed by atoms with Gasteiger partial charge in [-0.15, -0.1) is 0 Å². The molecule has 0 radical (unpaired) electrons. The van der Waals surface area contributed by atoms with Gasteiger partial charge in [-0.05, 0) is 70.4 Å². The molecule has 0 amide bonds. The summed E-state index contributed by atoms with van der Waals surface area (Å²) in [5.74, 6) is 1.80. The van der Waals surface area contributed by atoms with Crippen molar-refractivity contribution >= 4 is 54.5 Å². The number of furan rings is 1. The first-order valence-electron chi connectivity index (χ1n) is 16.0. The molecule has 7 aromatic carbocycles. The van der Waals surface area contributed by atoms with Gasteiger partial charge in [0.05, 0.1) is 11.0 Å². The van der Waals surface area contributed by atoms with Crippen LogP contribution in [-0.4, -0.2) is 19.5 Å². The van der Waals surface area contributed by atoms with Gasteiger partial charge in [-0.1, -0.05) is 109 Å². The van der Waals surface area contributed by atoms with Gasteiger partial charge in [-0.2, -0.15) is 9.97 Å². The minimum absolute atomic E-state index is 0.577. The van der Waals surface area contributed by atoms with E-state index >= 15 is 0 Å². The SMILES string of the molecule is c1ccc(-c2nc(-c3ccc4oc5cc(-c6ccc7ccccc7c6)ccc5c4c3)nc(-n3c4ccccc4c4ccccc43)n2)cc1. The Morgan fingerprint density at radius 3 is 1.79 bits per heavy atom. The van der Waals surface area contributed by atoms with Crippen LogP contribution >= 0.6 is 0 Å². The molecule has 0 N–H and O–H groups in total. The molecule has 0 aliphatic heterocycles. The Balaban J connectivity index is 1.14. The highest BCUT2D eigenvalue weighted by atomic mass is 16.3. The number of benzene rings is 7. The van der Waals surface area contributed by atoms with Crippen molar-refractivity contribution < 1.29 is 4.42 Å². The van der Waals surface area contributed by atoms with Crippen LogP contribution in [0.1, 0.15) is 0 Å². The summed E-state index contributed by atoms with van der Waals surface area (Å²) in [7, 11) is 0. The molecule has 5 heteroatoms. The summed E-state index contributed by atoms with van der Waals surface area (Å²) in [6, 6.07) is 54.6. The third-order valence-electron chi connectivity index (χ3n) is 9.25. The number of rotatable bonds is 4. The zero-order valence-electron chi connectivity index (χ0n) is 25.7. The summed E-state index contributed by atoms with van der Waals surface area (Å²) >= 11 is 0. The van der Waals surface area contributed by atoms with Gasteiger partial charge in [-0.25, -0.2) is 4.98 Å². The molecule has 3 heterocycles. The van der Waals surface area contributed by atoms with Gasteiger partial charge in [0.1, 0.15) is 11.2 Å². The first-order valence-corrected chi connectivity index (χ1v) is 16.0. The molecule has 0 saturated heterocycles. The molecule has 0 spiro atoms. The van der Waals surface area contributed by atoms with Gasteiger partial charge in [0.2, 0.25) is 5.95 Å². The average molecular weight is 615 g/mol. The van der Waals surface area contributed by atoms with Gasteiger partial charge in [0.25, 0.3) is 0 Å². The molecular formula is C43H26N4O. The van der Waals surface area contributed by atoms with E-state index in [-0.39, 0.29) is 0 Å². The van der Waals surface area contributed by atoms with Crippen molar-refractivity contribution in [2.75, 3.05) is 0 Å². The lowest BCUT2D eigenvalue weighted by Crippen LogP contribution is -2.06. The molecule has 0 unspecified atom stereocenters. The van der Waals surface area contributed by atoms with E-state index in [2.05, 4.69) is 120 Å². The Morgan fingerprint density at radius 1 is 0.375 bits per heavy atom. The molecule has 0 aliphatic carbocycles. The van der Waals surface area contributed by atoms with Gasteiger partial charge in [0.15, 0.2) is 11.6 Å². The molecule has 0 fully saturated rings. The van der Waals surface area contributed by atoms with Crippen molar-refractivity contribution in [2.24, 2.45) is 0 Å². The highest BCUT2D eigenvalue weighted by Gasteiger charge is 2.18. The number of hydrogen-bond acceptors (Lipinski definition) is 4. The Hall–Kier alpha value is -6.59. The highest BCUT2D eigenvalue weighted by molar-refractivity contribution is 6.09. The lowest BCUT2D eigenvalue weighted by atomic mass is 10.00. The fourth-order valence-electron chi connectivity index (χ4n) is 6.91. The highest BCUT2D eigenvalue weighted by Crippen LogP contribution is 2.36. The molecule has 10 rings (SSSR count). The van der Waals surface area contributed by atoms with Crippen LogP contribution in [0.2, 0.25) is 0 Å². The number of nitrogens with zero attached hydrogens (tertiary/aromatic N) is 4. The topological polar surface area (TPSA) is 56.7 Å². The maximum Gasteiger partial charge on any atom is 0.238 e. The summed E-state index contributed by atoms with van der Waals surface area (Å²) in [6.45, 7) is 0. The van der Waals surface area contributed by atoms with Gasteiger partial charge in [-0.3, -0.25) is 4.57 Å². The lowest BCUT2D eigenvalue weighted by molar-refractivity contribution is 0.669. The van der Waals surface area contributed by atoms with Crippen LogP contribution in [0.4, 0.5) is 0 Å². The second-order valence-corrected chi connectivity index (χ2v) is 12.1. The first-order chi connectivity index (χ1) is 23.8. The average Bonchev–Trinajstić information content (AvgIpc) is 3.70. The molecule has 0 bridgehead atoms. The summed E-state index contributed by atoms with van der Waals surface area (Å²) in [6.07, 6.45) is 0. The zero-order chi connectivity index (χ0) is 31.6. The number of fused-ring (bicyclic) bond motifs is 7. The lowest BCUT2D eigenvalue weighted by Gasteiger charge is -2.11. The third kappa shape index (κ3) is 4.22. The minimum atomic E-state index is 0.577. The fraction of sp³-hybridized carbons (Fsp3) is 0. The molecule has 5 nitrogen and oxygen atoms in total. The minimum Gasteiger partial charge on any atom is -0.456 e. The van der Waals surface area contributed by atoms with Crippen LogP contribution in [0.15, 0.2) is 162 Å². The maximum absolute atomic E-state index is 6.41. The molecule has 0 aliphatic rings. The van der Waals surface area contributed by atoms with Crippen LogP contribution < -0.4 is 0 Å². The van der Waals surface area contributed by atoms with Crippen molar-refractivity contribution in [2.45, 2.75) is 0 Å². The maximum atomic E-state index is 6.41. The molecular weight excluding hydrogens is 589 g/mol. The van der Waals surface area contributed by atoms with Crippen LogP contribution in [-0.2, 0) is 0 Å². The summed E-state index contributed by atoms with van der Waals surface area (Å²) in [4.78, 5) is 15.2. The van der Waals surface area contributed by atoms with E-state index < -0.39 is 0 Å². The largest absolute Gasteiger partial charge is 0.456 e. The second kappa shape index (κ2) is 10.5. The second-order valence-electron chi connectivity index (χ2n) is 12.1. The third-order valence-corrected chi connectivity index (χ3v) is 9.25. The molecule has 0 saturated carbocycles. The van der Waals surface area contributed by atoms with Gasteiger partial charge in [0, 0.05) is 32.7 Å². The Morgan fingerprint density at radius 2 is 1.00 bits per heavy atom. The molecule has 10 aromatic rings. The smallest absolute Gasteiger partial charge is 0.238 e. The van der Waals surface area contributed by atoms with Crippen LogP contribution in [0, 0.1) is 0 Å². The van der Waals surface area contributed by atoms with E-state index in [1.165, 1.54) is 10.8 Å². The Bertz CT molecular complexity index is 2800. The Kier molecular flexibility index (Phi) is 5.81. The molecule has 0 atom stereocenters. The van der Waals surface area contributed by atoms with E-state index in [9.17, 15) is 0 Å². The fourth-order valence-corrected chi connectivity index (χ4v) is 6.91. The molecule has 3 aromatic heterocycles. The van der Waals surface area contributed by atoms with Crippen molar-refractivity contribution in [1.29, 1.82) is 0 Å². The van der Waals surface area contributed by atoms with E-state index in [0.29, 0.717) is 17.6 Å². The standard InChI is InChI=1S/C43H26N4O/c1-2-11-28(12-3-1)41-44-42(46-43(45-41)47-37-16-8-6-14-33(37)34-15-7-9-17-38(34)47)32-21-23-39-36(25-32)35-22-20-31(26-40(35)48-39)30-19-18-27-10-4-5-13-29(27)24-30/h1-26H. The molecule has 224 valence electrons. The van der Waals surface area contributed by atoms with Crippen LogP contribution in [0.3, 0.4) is 0 Å². The predicted octanol–water partition coefficient (Wildman–Crippen LogP) is 11.0. The quantitative estimate of drug-likeness (QED) is 0.198. The summed E-state index contributed by atoms with van der Waals surface area (Å²) < 4.78 is 8.55. The number of aromatic nitrogens is 4. The van der Waals surface area contributed by atoms with Crippen LogP contribution in [0.25, 0.3) is 94.4 Å². The van der Waals surface area contributed by atoms with E-state index in [4.69, 9.17) is 19.4 Å². The van der Waals surface area contributed by atoms with Crippen LogP contribution in [0.5, 0.6) is 0 Å². The van der Waals surface area contributed by atoms with Crippen molar-refractivity contribution in [3.8, 4) is 39.9 Å². The predicted molar refractivity (Wildman–Crippen MR) is 195 cm³/mol. The van der Waals surface area contributed by atoms with Gasteiger partial charge >= 0.3 is 0 Å². The number of para-hydroxylation sites is 2. The first kappa shape index (κ1) is 26.6. The molecule has 48 heavy (non-hydrogen) atoms. The number of hydrogen-bond donors (Lipinski definition) is 0. The van der Waals surface area contributed by atoms with Crippen molar-refractivity contribution in [3.05, 3.63) is 158 Å². The summed E-state index contributed by atoms with van der Waals surface area (Å²) in [5.41, 5.74) is 7.87.